The predicted molar refractivity (Wildman–Crippen MR) is 44.3 cm³/mol. The molecule has 6 heteroatoms. The standard InChI is InChI=1S/C6H14N6/c1-8-4-2-3-5(7)6-9-11-12-10-6/h5,8H,2-4,7H2,1H3,(H,9,10,11,12). The SMILES string of the molecule is CNCCCC(N)c1nn[nH]n1. The fourth-order valence-electron chi connectivity index (χ4n) is 0.954. The van der Waals surface area contributed by atoms with Crippen molar-refractivity contribution in [1.82, 2.24) is 25.9 Å². The Bertz CT molecular complexity index is 196. The van der Waals surface area contributed by atoms with Gasteiger partial charge in [-0.1, -0.05) is 5.21 Å². The molecule has 0 amide bonds. The van der Waals surface area contributed by atoms with Crippen LogP contribution in [0.2, 0.25) is 0 Å². The Balaban J connectivity index is 2.25. The highest BCUT2D eigenvalue weighted by Gasteiger charge is 2.09. The highest BCUT2D eigenvalue weighted by atomic mass is 15.5. The van der Waals surface area contributed by atoms with Gasteiger partial charge < -0.3 is 11.1 Å². The zero-order valence-electron chi connectivity index (χ0n) is 7.12. The number of nitrogens with zero attached hydrogens (tertiary/aromatic N) is 3. The maximum Gasteiger partial charge on any atom is 0.191 e. The lowest BCUT2D eigenvalue weighted by Crippen LogP contribution is -2.15. The zero-order chi connectivity index (χ0) is 8.81. The molecule has 0 aliphatic heterocycles. The maximum absolute atomic E-state index is 5.77. The van der Waals surface area contributed by atoms with E-state index in [0.717, 1.165) is 19.4 Å². The molecule has 0 fully saturated rings. The first kappa shape index (κ1) is 9.08. The summed E-state index contributed by atoms with van der Waals surface area (Å²) in [6.45, 7) is 0.964. The van der Waals surface area contributed by atoms with E-state index < -0.39 is 0 Å². The molecule has 0 radical (unpaired) electrons. The number of hydrogen-bond acceptors (Lipinski definition) is 5. The lowest BCUT2D eigenvalue weighted by atomic mass is 10.1. The van der Waals surface area contributed by atoms with Gasteiger partial charge in [0.1, 0.15) is 0 Å². The molecular formula is C6H14N6. The van der Waals surface area contributed by atoms with E-state index in [4.69, 9.17) is 5.73 Å². The van der Waals surface area contributed by atoms with Gasteiger partial charge in [-0.25, -0.2) is 0 Å². The summed E-state index contributed by atoms with van der Waals surface area (Å²) in [7, 11) is 1.92. The Hall–Kier alpha value is -1.01. The zero-order valence-corrected chi connectivity index (χ0v) is 7.12. The van der Waals surface area contributed by atoms with Crippen molar-refractivity contribution in [3.8, 4) is 0 Å². The molecule has 1 rings (SSSR count). The molecule has 0 spiro atoms. The van der Waals surface area contributed by atoms with Crippen LogP contribution in [0.15, 0.2) is 0 Å². The Morgan fingerprint density at radius 3 is 3.08 bits per heavy atom. The Morgan fingerprint density at radius 2 is 2.50 bits per heavy atom. The molecule has 68 valence electrons. The normalized spacial score (nSPS) is 13.2. The lowest BCUT2D eigenvalue weighted by molar-refractivity contribution is 0.567. The van der Waals surface area contributed by atoms with E-state index >= 15 is 0 Å². The van der Waals surface area contributed by atoms with Crippen LogP contribution in [0.25, 0.3) is 0 Å². The quantitative estimate of drug-likeness (QED) is 0.503. The first-order chi connectivity index (χ1) is 5.84. The van der Waals surface area contributed by atoms with E-state index in [1.807, 2.05) is 7.05 Å². The smallest absolute Gasteiger partial charge is 0.191 e. The number of H-pyrrole nitrogens is 1. The summed E-state index contributed by atoms with van der Waals surface area (Å²) < 4.78 is 0. The number of nitrogens with two attached hydrogens (primary N) is 1. The van der Waals surface area contributed by atoms with Crippen LogP contribution in [-0.4, -0.2) is 34.2 Å². The molecular weight excluding hydrogens is 156 g/mol. The first-order valence-corrected chi connectivity index (χ1v) is 3.98. The van der Waals surface area contributed by atoms with Crippen molar-refractivity contribution in [2.45, 2.75) is 18.9 Å². The summed E-state index contributed by atoms with van der Waals surface area (Å²) in [5, 5.41) is 16.5. The number of aromatic nitrogens is 4. The summed E-state index contributed by atoms with van der Waals surface area (Å²) in [5.41, 5.74) is 5.77. The Labute approximate surface area is 70.9 Å². The number of aromatic amines is 1. The minimum Gasteiger partial charge on any atom is -0.321 e. The highest BCUT2D eigenvalue weighted by Crippen LogP contribution is 2.07. The van der Waals surface area contributed by atoms with Crippen molar-refractivity contribution in [2.75, 3.05) is 13.6 Å². The molecule has 4 N–H and O–H groups in total. The minimum atomic E-state index is -0.0999. The molecule has 1 heterocycles. The average molecular weight is 170 g/mol. The number of hydrogen-bond donors (Lipinski definition) is 3. The number of tetrazole rings is 1. The van der Waals surface area contributed by atoms with Gasteiger partial charge in [0.25, 0.3) is 0 Å². The van der Waals surface area contributed by atoms with Gasteiger partial charge in [0.2, 0.25) is 0 Å². The van der Waals surface area contributed by atoms with Crippen molar-refractivity contribution >= 4 is 0 Å². The van der Waals surface area contributed by atoms with Gasteiger partial charge >= 0.3 is 0 Å². The average Bonchev–Trinajstić information content (AvgIpc) is 2.56. The third-order valence-electron chi connectivity index (χ3n) is 1.64. The topological polar surface area (TPSA) is 92.5 Å². The van der Waals surface area contributed by atoms with Crippen LogP contribution in [0.3, 0.4) is 0 Å². The molecule has 1 aromatic rings. The summed E-state index contributed by atoms with van der Waals surface area (Å²) >= 11 is 0. The fourth-order valence-corrected chi connectivity index (χ4v) is 0.954. The minimum absolute atomic E-state index is 0.0999. The van der Waals surface area contributed by atoms with E-state index in [2.05, 4.69) is 25.9 Å². The van der Waals surface area contributed by atoms with Crippen molar-refractivity contribution < 1.29 is 0 Å². The molecule has 0 bridgehead atoms. The first-order valence-electron chi connectivity index (χ1n) is 3.98. The number of rotatable bonds is 5. The fraction of sp³-hybridized carbons (Fsp3) is 0.833. The third kappa shape index (κ3) is 2.55. The lowest BCUT2D eigenvalue weighted by Gasteiger charge is -2.05. The van der Waals surface area contributed by atoms with Crippen LogP contribution < -0.4 is 11.1 Å². The third-order valence-corrected chi connectivity index (χ3v) is 1.64. The van der Waals surface area contributed by atoms with Crippen molar-refractivity contribution in [3.05, 3.63) is 5.82 Å². The summed E-state index contributed by atoms with van der Waals surface area (Å²) in [5.74, 6) is 0.589. The van der Waals surface area contributed by atoms with Gasteiger partial charge in [0.15, 0.2) is 5.82 Å². The van der Waals surface area contributed by atoms with Crippen molar-refractivity contribution in [3.63, 3.8) is 0 Å². The van der Waals surface area contributed by atoms with Crippen LogP contribution in [0, 0.1) is 0 Å². The molecule has 12 heavy (non-hydrogen) atoms. The highest BCUT2D eigenvalue weighted by molar-refractivity contribution is 4.86. The van der Waals surface area contributed by atoms with Gasteiger partial charge in [-0.15, -0.1) is 10.2 Å². The van der Waals surface area contributed by atoms with Crippen LogP contribution in [-0.2, 0) is 0 Å². The van der Waals surface area contributed by atoms with Gasteiger partial charge in [0, 0.05) is 0 Å². The van der Waals surface area contributed by atoms with Crippen LogP contribution in [0.1, 0.15) is 24.7 Å². The molecule has 0 saturated heterocycles. The predicted octanol–water partition coefficient (Wildman–Crippen LogP) is -0.801. The summed E-state index contributed by atoms with van der Waals surface area (Å²) in [4.78, 5) is 0. The van der Waals surface area contributed by atoms with E-state index in [9.17, 15) is 0 Å². The van der Waals surface area contributed by atoms with Gasteiger partial charge in [-0.2, -0.15) is 5.21 Å². The molecule has 0 aliphatic carbocycles. The second kappa shape index (κ2) is 4.78. The summed E-state index contributed by atoms with van der Waals surface area (Å²) in [6.07, 6.45) is 1.90. The van der Waals surface area contributed by atoms with E-state index in [0.29, 0.717) is 5.82 Å². The monoisotopic (exact) mass is 170 g/mol. The molecule has 0 aromatic carbocycles. The van der Waals surface area contributed by atoms with Gasteiger partial charge in [0.05, 0.1) is 6.04 Å². The molecule has 0 saturated carbocycles. The molecule has 1 atom stereocenters. The van der Waals surface area contributed by atoms with Crippen molar-refractivity contribution in [1.29, 1.82) is 0 Å². The van der Waals surface area contributed by atoms with E-state index in [-0.39, 0.29) is 6.04 Å². The number of nitrogens with one attached hydrogen (secondary N) is 2. The molecule has 0 aliphatic rings. The second-order valence-electron chi connectivity index (χ2n) is 2.62. The maximum atomic E-state index is 5.77. The van der Waals surface area contributed by atoms with Gasteiger partial charge in [-0.05, 0) is 26.4 Å². The van der Waals surface area contributed by atoms with E-state index in [1.165, 1.54) is 0 Å². The van der Waals surface area contributed by atoms with Crippen molar-refractivity contribution in [2.24, 2.45) is 5.73 Å². The second-order valence-corrected chi connectivity index (χ2v) is 2.62. The molecule has 1 aromatic heterocycles. The van der Waals surface area contributed by atoms with Crippen LogP contribution in [0.5, 0.6) is 0 Å². The van der Waals surface area contributed by atoms with Crippen LogP contribution in [0.4, 0.5) is 0 Å². The summed E-state index contributed by atoms with van der Waals surface area (Å²) in [6, 6.07) is -0.0999. The van der Waals surface area contributed by atoms with Gasteiger partial charge in [-0.3, -0.25) is 0 Å². The molecule has 6 nitrogen and oxygen atoms in total. The van der Waals surface area contributed by atoms with Crippen LogP contribution >= 0.6 is 0 Å². The van der Waals surface area contributed by atoms with E-state index in [1.54, 1.807) is 0 Å². The molecule has 1 unspecified atom stereocenters. The largest absolute Gasteiger partial charge is 0.321 e. The Kier molecular flexibility index (Phi) is 3.62. The Morgan fingerprint density at radius 1 is 1.67 bits per heavy atom.